The molecule has 0 saturated heterocycles. The third-order valence-electron chi connectivity index (χ3n) is 4.83. The molecule has 0 unspecified atom stereocenters. The van der Waals surface area contributed by atoms with E-state index >= 15 is 0 Å². The Balaban J connectivity index is 1.44. The van der Waals surface area contributed by atoms with E-state index in [4.69, 9.17) is 4.52 Å². The first-order valence-electron chi connectivity index (χ1n) is 9.39. The Morgan fingerprint density at radius 2 is 1.92 bits per heavy atom. The van der Waals surface area contributed by atoms with Gasteiger partial charge in [0.15, 0.2) is 5.82 Å². The van der Waals surface area contributed by atoms with Crippen LogP contribution >= 0.6 is 0 Å². The summed E-state index contributed by atoms with van der Waals surface area (Å²) in [5, 5.41) is 7.06. The van der Waals surface area contributed by atoms with Gasteiger partial charge in [-0.15, -0.1) is 0 Å². The van der Waals surface area contributed by atoms with Crippen LogP contribution in [0.25, 0.3) is 0 Å². The number of nitrogens with one attached hydrogen (secondary N) is 1. The first kappa shape index (κ1) is 18.6. The SMILES string of the molecule is Cc1cc(C)cc(NC(=O)CCN(C)Cc2noc(C3CCCC3)n2)c1. The number of carbonyl (C=O) groups excluding carboxylic acids is 1. The van der Waals surface area contributed by atoms with Crippen molar-refractivity contribution < 1.29 is 9.32 Å². The summed E-state index contributed by atoms with van der Waals surface area (Å²) < 4.78 is 5.41. The van der Waals surface area contributed by atoms with Crippen molar-refractivity contribution in [3.8, 4) is 0 Å². The first-order valence-corrected chi connectivity index (χ1v) is 9.39. The van der Waals surface area contributed by atoms with Gasteiger partial charge in [0.2, 0.25) is 11.8 Å². The molecule has 6 nitrogen and oxygen atoms in total. The number of nitrogens with zero attached hydrogens (tertiary/aromatic N) is 3. The van der Waals surface area contributed by atoms with Gasteiger partial charge in [0, 0.05) is 24.6 Å². The average molecular weight is 356 g/mol. The zero-order valence-corrected chi connectivity index (χ0v) is 15.9. The van der Waals surface area contributed by atoms with Crippen molar-refractivity contribution in [1.29, 1.82) is 0 Å². The minimum Gasteiger partial charge on any atom is -0.339 e. The Labute approximate surface area is 155 Å². The lowest BCUT2D eigenvalue weighted by Gasteiger charge is -2.14. The molecule has 0 spiro atoms. The van der Waals surface area contributed by atoms with Gasteiger partial charge in [-0.05, 0) is 57.0 Å². The molecular weight excluding hydrogens is 328 g/mol. The van der Waals surface area contributed by atoms with Gasteiger partial charge < -0.3 is 9.84 Å². The van der Waals surface area contributed by atoms with E-state index in [1.165, 1.54) is 12.8 Å². The number of hydrogen-bond donors (Lipinski definition) is 1. The lowest BCUT2D eigenvalue weighted by Crippen LogP contribution is -2.24. The second-order valence-corrected chi connectivity index (χ2v) is 7.44. The fourth-order valence-corrected chi connectivity index (χ4v) is 3.55. The number of anilines is 1. The van der Waals surface area contributed by atoms with Crippen LogP contribution in [0, 0.1) is 13.8 Å². The van der Waals surface area contributed by atoms with E-state index in [2.05, 4.69) is 21.5 Å². The summed E-state index contributed by atoms with van der Waals surface area (Å²) in [5.74, 6) is 1.93. The van der Waals surface area contributed by atoms with Crippen molar-refractivity contribution in [2.24, 2.45) is 0 Å². The maximum absolute atomic E-state index is 12.2. The van der Waals surface area contributed by atoms with E-state index in [0.717, 1.165) is 35.5 Å². The highest BCUT2D eigenvalue weighted by molar-refractivity contribution is 5.91. The summed E-state index contributed by atoms with van der Waals surface area (Å²) in [5.41, 5.74) is 3.15. The highest BCUT2D eigenvalue weighted by Crippen LogP contribution is 2.32. The van der Waals surface area contributed by atoms with Crippen molar-refractivity contribution in [3.63, 3.8) is 0 Å². The van der Waals surface area contributed by atoms with Crippen LogP contribution in [-0.2, 0) is 11.3 Å². The van der Waals surface area contributed by atoms with Crippen LogP contribution in [0.3, 0.4) is 0 Å². The van der Waals surface area contributed by atoms with Gasteiger partial charge in [0.05, 0.1) is 6.54 Å². The Kier molecular flexibility index (Phi) is 6.04. The number of aromatic nitrogens is 2. The van der Waals surface area contributed by atoms with Crippen LogP contribution in [0.4, 0.5) is 5.69 Å². The van der Waals surface area contributed by atoms with Crippen molar-refractivity contribution in [3.05, 3.63) is 41.0 Å². The molecule has 2 aromatic rings. The van der Waals surface area contributed by atoms with E-state index in [1.807, 2.05) is 37.9 Å². The van der Waals surface area contributed by atoms with E-state index in [-0.39, 0.29) is 5.91 Å². The van der Waals surface area contributed by atoms with Gasteiger partial charge >= 0.3 is 0 Å². The highest BCUT2D eigenvalue weighted by atomic mass is 16.5. The molecule has 26 heavy (non-hydrogen) atoms. The molecule has 140 valence electrons. The fourth-order valence-electron chi connectivity index (χ4n) is 3.55. The normalized spacial score (nSPS) is 14.9. The maximum atomic E-state index is 12.2. The molecule has 6 heteroatoms. The third kappa shape index (κ3) is 5.14. The largest absolute Gasteiger partial charge is 0.339 e. The third-order valence-corrected chi connectivity index (χ3v) is 4.83. The lowest BCUT2D eigenvalue weighted by molar-refractivity contribution is -0.116. The molecule has 3 rings (SSSR count). The molecule has 0 atom stereocenters. The maximum Gasteiger partial charge on any atom is 0.229 e. The van der Waals surface area contributed by atoms with E-state index in [9.17, 15) is 4.79 Å². The summed E-state index contributed by atoms with van der Waals surface area (Å²) >= 11 is 0. The van der Waals surface area contributed by atoms with Gasteiger partial charge in [-0.3, -0.25) is 9.69 Å². The number of benzene rings is 1. The summed E-state index contributed by atoms with van der Waals surface area (Å²) in [6.07, 6.45) is 5.22. The van der Waals surface area contributed by atoms with Crippen LogP contribution in [-0.4, -0.2) is 34.5 Å². The zero-order chi connectivity index (χ0) is 18.5. The second kappa shape index (κ2) is 8.45. The molecule has 1 N–H and O–H groups in total. The molecular formula is C20H28N4O2. The van der Waals surface area contributed by atoms with Gasteiger partial charge in [-0.25, -0.2) is 0 Å². The molecule has 0 radical (unpaired) electrons. The first-order chi connectivity index (χ1) is 12.5. The topological polar surface area (TPSA) is 71.3 Å². The molecule has 1 heterocycles. The Morgan fingerprint density at radius 1 is 1.23 bits per heavy atom. The minimum absolute atomic E-state index is 0.0154. The Bertz CT molecular complexity index is 730. The summed E-state index contributed by atoms with van der Waals surface area (Å²) in [6.45, 7) is 5.29. The van der Waals surface area contributed by atoms with Crippen LogP contribution in [0.5, 0.6) is 0 Å². The zero-order valence-electron chi connectivity index (χ0n) is 15.9. The molecule has 1 aliphatic carbocycles. The second-order valence-electron chi connectivity index (χ2n) is 7.44. The van der Waals surface area contributed by atoms with Crippen molar-refractivity contribution in [2.45, 2.75) is 58.4 Å². The average Bonchev–Trinajstić information content (AvgIpc) is 3.23. The summed E-state index contributed by atoms with van der Waals surface area (Å²) in [4.78, 5) is 18.8. The van der Waals surface area contributed by atoms with Gasteiger partial charge in [-0.2, -0.15) is 4.98 Å². The molecule has 1 aromatic carbocycles. The van der Waals surface area contributed by atoms with Crippen molar-refractivity contribution >= 4 is 11.6 Å². The molecule has 1 saturated carbocycles. The Morgan fingerprint density at radius 3 is 2.62 bits per heavy atom. The van der Waals surface area contributed by atoms with Gasteiger partial charge in [0.1, 0.15) is 0 Å². The van der Waals surface area contributed by atoms with Crippen LogP contribution in [0.1, 0.15) is 60.9 Å². The number of aryl methyl sites for hydroxylation is 2. The molecule has 1 amide bonds. The predicted molar refractivity (Wildman–Crippen MR) is 101 cm³/mol. The van der Waals surface area contributed by atoms with E-state index in [0.29, 0.717) is 31.3 Å². The van der Waals surface area contributed by atoms with E-state index in [1.54, 1.807) is 0 Å². The van der Waals surface area contributed by atoms with Gasteiger partial charge in [0.25, 0.3) is 0 Å². The minimum atomic E-state index is 0.0154. The molecule has 1 aromatic heterocycles. The predicted octanol–water partition coefficient (Wildman–Crippen LogP) is 3.80. The number of hydrogen-bond acceptors (Lipinski definition) is 5. The van der Waals surface area contributed by atoms with Crippen molar-refractivity contribution in [1.82, 2.24) is 15.0 Å². The molecule has 0 aliphatic heterocycles. The molecule has 1 aliphatic rings. The quantitative estimate of drug-likeness (QED) is 0.817. The molecule has 0 bridgehead atoms. The van der Waals surface area contributed by atoms with Crippen LogP contribution in [0.15, 0.2) is 22.7 Å². The standard InChI is InChI=1S/C20H28N4O2/c1-14-10-15(2)12-17(11-14)21-19(25)8-9-24(3)13-18-22-20(26-23-18)16-6-4-5-7-16/h10-12,16H,4-9,13H2,1-3H3,(H,21,25). The van der Waals surface area contributed by atoms with Crippen LogP contribution < -0.4 is 5.32 Å². The number of amides is 1. The number of carbonyl (C=O) groups is 1. The van der Waals surface area contributed by atoms with E-state index < -0.39 is 0 Å². The smallest absolute Gasteiger partial charge is 0.229 e. The fraction of sp³-hybridized carbons (Fsp3) is 0.550. The number of rotatable bonds is 7. The molecule has 1 fully saturated rings. The monoisotopic (exact) mass is 356 g/mol. The Hall–Kier alpha value is -2.21. The lowest BCUT2D eigenvalue weighted by atomic mass is 10.1. The summed E-state index contributed by atoms with van der Waals surface area (Å²) in [7, 11) is 1.97. The van der Waals surface area contributed by atoms with Crippen molar-refractivity contribution in [2.75, 3.05) is 18.9 Å². The highest BCUT2D eigenvalue weighted by Gasteiger charge is 2.23. The van der Waals surface area contributed by atoms with Gasteiger partial charge in [-0.1, -0.05) is 24.1 Å². The van der Waals surface area contributed by atoms with Crippen LogP contribution in [0.2, 0.25) is 0 Å². The summed E-state index contributed by atoms with van der Waals surface area (Å²) in [6, 6.07) is 6.06.